The van der Waals surface area contributed by atoms with Crippen molar-refractivity contribution in [3.05, 3.63) is 48.5 Å². The fraction of sp³-hybridized carbons (Fsp3) is 0.350. The number of para-hydroxylation sites is 2. The molecule has 2 heterocycles. The Morgan fingerprint density at radius 3 is 1.94 bits per heavy atom. The Balaban J connectivity index is 1.48. The third-order valence-corrected chi connectivity index (χ3v) is 7.27. The van der Waals surface area contributed by atoms with E-state index in [1.165, 1.54) is 4.90 Å². The van der Waals surface area contributed by atoms with Gasteiger partial charge in [-0.2, -0.15) is 17.5 Å². The average molecular weight is 470 g/mol. The predicted molar refractivity (Wildman–Crippen MR) is 114 cm³/mol. The summed E-state index contributed by atoms with van der Waals surface area (Å²) in [5, 5.41) is 9.43. The first kappa shape index (κ1) is 22.2. The Morgan fingerprint density at radius 1 is 0.812 bits per heavy atom. The molecule has 1 fully saturated rings. The van der Waals surface area contributed by atoms with Gasteiger partial charge in [-0.15, -0.1) is 0 Å². The van der Waals surface area contributed by atoms with E-state index in [2.05, 4.69) is 0 Å². The molecule has 0 unspecified atom stereocenters. The molecule has 2 aromatic carbocycles. The summed E-state index contributed by atoms with van der Waals surface area (Å²) in [6.07, 6.45) is -1.01. The smallest absolute Gasteiger partial charge is 0.465 e. The van der Waals surface area contributed by atoms with Gasteiger partial charge in [-0.3, -0.25) is 4.90 Å². The Hall–Kier alpha value is -2.99. The summed E-state index contributed by atoms with van der Waals surface area (Å²) in [5.41, 5.74) is -2.31. The summed E-state index contributed by atoms with van der Waals surface area (Å²) in [5.74, 6) is 0. The second kappa shape index (κ2) is 8.17. The molecular weight excluding hydrogens is 449 g/mol. The molecule has 2 aliphatic heterocycles. The van der Waals surface area contributed by atoms with E-state index in [0.29, 0.717) is 23.1 Å². The molecule has 0 atom stereocenters. The number of rotatable bonds is 3. The van der Waals surface area contributed by atoms with Crippen molar-refractivity contribution in [3.8, 4) is 0 Å². The number of anilines is 4. The lowest BCUT2D eigenvalue weighted by Gasteiger charge is -2.37. The van der Waals surface area contributed by atoms with Gasteiger partial charge in [0, 0.05) is 50.6 Å². The number of amides is 1. The van der Waals surface area contributed by atoms with Crippen molar-refractivity contribution >= 4 is 38.9 Å². The highest BCUT2D eigenvalue weighted by Crippen LogP contribution is 2.38. The lowest BCUT2D eigenvalue weighted by atomic mass is 10.1. The molecule has 0 bridgehead atoms. The first-order valence-electron chi connectivity index (χ1n) is 9.88. The molecule has 0 saturated carbocycles. The largest absolute Gasteiger partial charge is 0.511 e. The van der Waals surface area contributed by atoms with E-state index in [0.717, 1.165) is 17.1 Å². The highest BCUT2D eigenvalue weighted by molar-refractivity contribution is 7.90. The van der Waals surface area contributed by atoms with Gasteiger partial charge in [-0.1, -0.05) is 12.1 Å². The number of fused-ring (bicyclic) bond motifs is 1. The highest BCUT2D eigenvalue weighted by Gasteiger charge is 2.50. The van der Waals surface area contributed by atoms with E-state index >= 15 is 0 Å². The van der Waals surface area contributed by atoms with Crippen molar-refractivity contribution in [1.82, 2.24) is 4.31 Å². The van der Waals surface area contributed by atoms with Crippen LogP contribution in [0.15, 0.2) is 48.5 Å². The van der Waals surface area contributed by atoms with Crippen LogP contribution in [0.3, 0.4) is 0 Å². The normalized spacial score (nSPS) is 17.9. The summed E-state index contributed by atoms with van der Waals surface area (Å²) < 4.78 is 61.9. The van der Waals surface area contributed by atoms with E-state index < -0.39 is 21.6 Å². The van der Waals surface area contributed by atoms with Gasteiger partial charge in [0.05, 0.1) is 11.4 Å². The molecule has 12 heteroatoms. The van der Waals surface area contributed by atoms with Crippen LogP contribution < -0.4 is 14.7 Å². The van der Waals surface area contributed by atoms with Gasteiger partial charge in [0.15, 0.2) is 0 Å². The molecule has 1 N–H and O–H groups in total. The second-order valence-electron chi connectivity index (χ2n) is 7.43. The number of hydrogen-bond acceptors (Lipinski definition) is 5. The fourth-order valence-electron chi connectivity index (χ4n) is 4.00. The number of piperazine rings is 1. The Labute approximate surface area is 183 Å². The maximum absolute atomic E-state index is 12.7. The van der Waals surface area contributed by atoms with Gasteiger partial charge in [-0.25, -0.2) is 13.2 Å². The van der Waals surface area contributed by atoms with Crippen LogP contribution in [0.4, 0.5) is 40.7 Å². The van der Waals surface area contributed by atoms with Gasteiger partial charge < -0.3 is 14.9 Å². The van der Waals surface area contributed by atoms with Crippen molar-refractivity contribution in [2.24, 2.45) is 0 Å². The zero-order chi connectivity index (χ0) is 23.1. The summed E-state index contributed by atoms with van der Waals surface area (Å²) in [6, 6.07) is 14.6. The number of carbonyl (C=O) groups is 1. The van der Waals surface area contributed by atoms with Crippen LogP contribution >= 0.6 is 0 Å². The van der Waals surface area contributed by atoms with Crippen molar-refractivity contribution < 1.29 is 31.5 Å². The van der Waals surface area contributed by atoms with Gasteiger partial charge in [0.2, 0.25) is 0 Å². The van der Waals surface area contributed by atoms with Crippen molar-refractivity contribution in [1.29, 1.82) is 0 Å². The van der Waals surface area contributed by atoms with E-state index in [1.54, 1.807) is 12.1 Å². The maximum Gasteiger partial charge on any atom is 0.511 e. The molecule has 2 aliphatic rings. The molecule has 0 spiro atoms. The van der Waals surface area contributed by atoms with Gasteiger partial charge >= 0.3 is 21.6 Å². The zero-order valence-electron chi connectivity index (χ0n) is 16.9. The van der Waals surface area contributed by atoms with E-state index in [9.17, 15) is 31.5 Å². The predicted octanol–water partition coefficient (Wildman–Crippen LogP) is 3.29. The minimum Gasteiger partial charge on any atom is -0.465 e. The zero-order valence-corrected chi connectivity index (χ0v) is 17.7. The van der Waals surface area contributed by atoms with E-state index in [1.807, 2.05) is 46.2 Å². The number of benzene rings is 2. The second-order valence-corrected chi connectivity index (χ2v) is 9.36. The van der Waals surface area contributed by atoms with Crippen LogP contribution in [0.2, 0.25) is 0 Å². The maximum atomic E-state index is 12.7. The van der Waals surface area contributed by atoms with Crippen molar-refractivity contribution in [3.63, 3.8) is 0 Å². The third kappa shape index (κ3) is 3.95. The number of halogens is 3. The molecule has 0 radical (unpaired) electrons. The van der Waals surface area contributed by atoms with Crippen molar-refractivity contribution in [2.75, 3.05) is 54.0 Å². The van der Waals surface area contributed by atoms with Crippen LogP contribution in [0.1, 0.15) is 0 Å². The average Bonchev–Trinajstić information content (AvgIpc) is 2.77. The molecule has 1 amide bonds. The standard InChI is InChI=1S/C20H21F3N4O4S/c21-20(22,23)32(30,31)25-11-9-24(10-12-25)15-5-7-16(8-6-15)26-13-14-27(19(28)29)18-4-2-1-3-17(18)26/h1-8H,9-14H2,(H,28,29). The summed E-state index contributed by atoms with van der Waals surface area (Å²) in [6.45, 7) is 0.589. The van der Waals surface area contributed by atoms with Crippen molar-refractivity contribution in [2.45, 2.75) is 5.51 Å². The molecular formula is C20H21F3N4O4S. The molecule has 2 aromatic rings. The Bertz CT molecular complexity index is 1100. The van der Waals surface area contributed by atoms with E-state index in [-0.39, 0.29) is 26.2 Å². The summed E-state index contributed by atoms with van der Waals surface area (Å²) in [4.78, 5) is 16.7. The molecule has 4 rings (SSSR count). The van der Waals surface area contributed by atoms with Crippen LogP contribution in [0.5, 0.6) is 0 Å². The minimum atomic E-state index is -5.31. The number of alkyl halides is 3. The summed E-state index contributed by atoms with van der Waals surface area (Å²) >= 11 is 0. The molecule has 0 aliphatic carbocycles. The van der Waals surface area contributed by atoms with Crippen LogP contribution in [-0.2, 0) is 10.0 Å². The number of carboxylic acid groups (broad SMARTS) is 1. The monoisotopic (exact) mass is 470 g/mol. The third-order valence-electron chi connectivity index (χ3n) is 5.64. The van der Waals surface area contributed by atoms with Crippen LogP contribution in [0, 0.1) is 0 Å². The lowest BCUT2D eigenvalue weighted by molar-refractivity contribution is -0.0490. The topological polar surface area (TPSA) is 84.4 Å². The summed E-state index contributed by atoms with van der Waals surface area (Å²) in [7, 11) is -5.31. The first-order chi connectivity index (χ1) is 15.1. The number of sulfonamides is 1. The molecule has 1 saturated heterocycles. The highest BCUT2D eigenvalue weighted by atomic mass is 32.2. The molecule has 172 valence electrons. The molecule has 32 heavy (non-hydrogen) atoms. The van der Waals surface area contributed by atoms with Crippen LogP contribution in [0.25, 0.3) is 0 Å². The fourth-order valence-corrected chi connectivity index (χ4v) is 4.94. The quantitative estimate of drug-likeness (QED) is 0.741. The molecule has 0 aromatic heterocycles. The van der Waals surface area contributed by atoms with Gasteiger partial charge in [0.25, 0.3) is 0 Å². The molecule has 8 nitrogen and oxygen atoms in total. The van der Waals surface area contributed by atoms with Gasteiger partial charge in [-0.05, 0) is 36.4 Å². The Kier molecular flexibility index (Phi) is 5.67. The number of hydrogen-bond donors (Lipinski definition) is 1. The van der Waals surface area contributed by atoms with Crippen LogP contribution in [-0.4, -0.2) is 68.7 Å². The Morgan fingerprint density at radius 2 is 1.38 bits per heavy atom. The lowest BCUT2D eigenvalue weighted by Crippen LogP contribution is -2.52. The van der Waals surface area contributed by atoms with Gasteiger partial charge in [0.1, 0.15) is 0 Å². The minimum absolute atomic E-state index is 0.148. The number of nitrogens with zero attached hydrogens (tertiary/aromatic N) is 4. The SMILES string of the molecule is O=C(O)N1CCN(c2ccc(N3CCN(S(=O)(=O)C(F)(F)F)CC3)cc2)c2ccccc21. The first-order valence-corrected chi connectivity index (χ1v) is 11.3. The van der Waals surface area contributed by atoms with E-state index in [4.69, 9.17) is 0 Å².